The molecule has 23 heavy (non-hydrogen) atoms. The Morgan fingerprint density at radius 2 is 2.22 bits per heavy atom. The second-order valence-electron chi connectivity index (χ2n) is 5.97. The Morgan fingerprint density at radius 1 is 1.43 bits per heavy atom. The van der Waals surface area contributed by atoms with Gasteiger partial charge in [0.15, 0.2) is 5.82 Å². The van der Waals surface area contributed by atoms with Crippen molar-refractivity contribution >= 4 is 16.9 Å². The summed E-state index contributed by atoms with van der Waals surface area (Å²) < 4.78 is 1.47. The van der Waals surface area contributed by atoms with Crippen LogP contribution in [0.1, 0.15) is 26.0 Å². The van der Waals surface area contributed by atoms with Crippen LogP contribution in [0.2, 0.25) is 0 Å². The minimum Gasteiger partial charge on any atom is -0.349 e. The van der Waals surface area contributed by atoms with Gasteiger partial charge in [-0.1, -0.05) is 6.92 Å². The van der Waals surface area contributed by atoms with Crippen LogP contribution in [-0.4, -0.2) is 39.7 Å². The van der Waals surface area contributed by atoms with Crippen LogP contribution in [0.5, 0.6) is 0 Å². The number of hydrogen-bond donors (Lipinski definition) is 1. The van der Waals surface area contributed by atoms with Crippen LogP contribution >= 0.6 is 0 Å². The summed E-state index contributed by atoms with van der Waals surface area (Å²) in [6.07, 6.45) is 1.00. The summed E-state index contributed by atoms with van der Waals surface area (Å²) >= 11 is 0. The van der Waals surface area contributed by atoms with Crippen molar-refractivity contribution in [1.82, 2.24) is 19.9 Å². The number of pyridine rings is 1. The Balaban J connectivity index is 2.21. The molecule has 7 nitrogen and oxygen atoms in total. The van der Waals surface area contributed by atoms with Crippen LogP contribution < -0.4 is 15.9 Å². The van der Waals surface area contributed by atoms with Gasteiger partial charge in [-0.2, -0.15) is 10.2 Å². The minimum atomic E-state index is -0.308. The predicted molar refractivity (Wildman–Crippen MR) is 88.4 cm³/mol. The maximum Gasteiger partial charge on any atom is 0.349 e. The highest BCUT2D eigenvalue weighted by molar-refractivity contribution is 5.86. The van der Waals surface area contributed by atoms with Crippen molar-refractivity contribution in [2.75, 3.05) is 18.0 Å². The lowest BCUT2D eigenvalue weighted by atomic mass is 10.1. The molecule has 3 heterocycles. The number of aromatic nitrogens is 3. The van der Waals surface area contributed by atoms with E-state index < -0.39 is 0 Å². The monoisotopic (exact) mass is 312 g/mol. The van der Waals surface area contributed by atoms with Gasteiger partial charge in [-0.3, -0.25) is 4.57 Å². The zero-order chi connectivity index (χ0) is 16.6. The van der Waals surface area contributed by atoms with Crippen LogP contribution in [0.15, 0.2) is 16.9 Å². The smallest absolute Gasteiger partial charge is 0.349 e. The number of fused-ring (bicyclic) bond motifs is 1. The minimum absolute atomic E-state index is 0.202. The summed E-state index contributed by atoms with van der Waals surface area (Å²) in [5.41, 5.74) is 1.32. The summed E-state index contributed by atoms with van der Waals surface area (Å²) in [6, 6.07) is 6.00. The van der Waals surface area contributed by atoms with Crippen LogP contribution in [0.3, 0.4) is 0 Å². The molecule has 0 aliphatic carbocycles. The van der Waals surface area contributed by atoms with E-state index in [4.69, 9.17) is 5.26 Å². The Hall–Kier alpha value is -2.46. The van der Waals surface area contributed by atoms with Crippen LogP contribution in [0.25, 0.3) is 11.0 Å². The Bertz CT molecular complexity index is 837. The second kappa shape index (κ2) is 5.97. The van der Waals surface area contributed by atoms with Gasteiger partial charge in [0, 0.05) is 32.2 Å². The fourth-order valence-corrected chi connectivity index (χ4v) is 2.97. The van der Waals surface area contributed by atoms with Gasteiger partial charge in [-0.25, -0.2) is 9.78 Å². The van der Waals surface area contributed by atoms with Gasteiger partial charge < -0.3 is 10.2 Å². The van der Waals surface area contributed by atoms with Crippen LogP contribution in [-0.2, 0) is 7.05 Å². The maximum absolute atomic E-state index is 12.2. The quantitative estimate of drug-likeness (QED) is 0.881. The van der Waals surface area contributed by atoms with Gasteiger partial charge in [0.1, 0.15) is 17.3 Å². The van der Waals surface area contributed by atoms with E-state index in [1.165, 1.54) is 4.57 Å². The fraction of sp³-hybridized carbons (Fsp3) is 0.500. The third kappa shape index (κ3) is 2.66. The molecule has 0 bridgehead atoms. The Labute approximate surface area is 134 Å². The number of anilines is 1. The van der Waals surface area contributed by atoms with E-state index in [1.54, 1.807) is 19.2 Å². The molecule has 0 aromatic carbocycles. The number of nitrogens with one attached hydrogen (secondary N) is 1. The molecule has 1 unspecified atom stereocenters. The van der Waals surface area contributed by atoms with Gasteiger partial charge in [-0.15, -0.1) is 0 Å². The van der Waals surface area contributed by atoms with Crippen molar-refractivity contribution in [3.8, 4) is 6.07 Å². The lowest BCUT2D eigenvalue weighted by Gasteiger charge is -2.39. The summed E-state index contributed by atoms with van der Waals surface area (Å²) in [6.45, 7) is 5.83. The van der Waals surface area contributed by atoms with Gasteiger partial charge in [0.2, 0.25) is 0 Å². The molecule has 3 rings (SSSR count). The highest BCUT2D eigenvalue weighted by Gasteiger charge is 2.27. The molecule has 1 saturated heterocycles. The van der Waals surface area contributed by atoms with Crippen molar-refractivity contribution < 1.29 is 0 Å². The highest BCUT2D eigenvalue weighted by Crippen LogP contribution is 2.25. The molecule has 2 aromatic heterocycles. The van der Waals surface area contributed by atoms with E-state index in [2.05, 4.69) is 40.1 Å². The molecule has 1 fully saturated rings. The van der Waals surface area contributed by atoms with Gasteiger partial charge in [0.25, 0.3) is 0 Å². The molecule has 0 spiro atoms. The van der Waals surface area contributed by atoms with Crippen molar-refractivity contribution in [2.24, 2.45) is 7.05 Å². The van der Waals surface area contributed by atoms with E-state index in [0.717, 1.165) is 19.5 Å². The van der Waals surface area contributed by atoms with Crippen LogP contribution in [0, 0.1) is 11.3 Å². The molecular formula is C16H20N6O. The molecule has 0 amide bonds. The predicted octanol–water partition coefficient (Wildman–Crippen LogP) is 0.777. The zero-order valence-electron chi connectivity index (χ0n) is 13.6. The maximum atomic E-state index is 12.2. The summed E-state index contributed by atoms with van der Waals surface area (Å²) in [5, 5.41) is 12.6. The SMILES string of the molecule is CC[C@@H]1CN(c2nc(=O)n(C)c3ccc(C#N)nc23)C(C)CN1. The van der Waals surface area contributed by atoms with E-state index in [1.807, 2.05) is 0 Å². The molecule has 7 heteroatoms. The lowest BCUT2D eigenvalue weighted by Crippen LogP contribution is -2.56. The second-order valence-corrected chi connectivity index (χ2v) is 5.97. The van der Waals surface area contributed by atoms with Gasteiger partial charge >= 0.3 is 5.69 Å². The Morgan fingerprint density at radius 3 is 2.91 bits per heavy atom. The number of piperazine rings is 1. The summed E-state index contributed by atoms with van der Waals surface area (Å²) in [5.74, 6) is 0.577. The van der Waals surface area contributed by atoms with E-state index in [-0.39, 0.29) is 11.7 Å². The molecule has 0 radical (unpaired) electrons. The molecule has 1 N–H and O–H groups in total. The first-order valence-corrected chi connectivity index (χ1v) is 7.83. The first-order chi connectivity index (χ1) is 11.0. The molecule has 120 valence electrons. The number of rotatable bonds is 2. The number of aryl methyl sites for hydroxylation is 1. The van der Waals surface area contributed by atoms with Gasteiger partial charge in [0.05, 0.1) is 5.52 Å². The molecular weight excluding hydrogens is 292 g/mol. The van der Waals surface area contributed by atoms with Crippen molar-refractivity contribution in [3.63, 3.8) is 0 Å². The van der Waals surface area contributed by atoms with Crippen molar-refractivity contribution in [3.05, 3.63) is 28.3 Å². The average Bonchev–Trinajstić information content (AvgIpc) is 2.58. The molecule has 2 aromatic rings. The van der Waals surface area contributed by atoms with Crippen molar-refractivity contribution in [2.45, 2.75) is 32.4 Å². The Kier molecular flexibility index (Phi) is 4.01. The normalized spacial score (nSPS) is 21.4. The molecule has 2 atom stereocenters. The summed E-state index contributed by atoms with van der Waals surface area (Å²) in [7, 11) is 1.67. The highest BCUT2D eigenvalue weighted by atomic mass is 16.1. The van der Waals surface area contributed by atoms with E-state index in [9.17, 15) is 4.79 Å². The number of nitriles is 1. The zero-order valence-corrected chi connectivity index (χ0v) is 13.6. The van der Waals surface area contributed by atoms with E-state index in [0.29, 0.717) is 28.6 Å². The van der Waals surface area contributed by atoms with Gasteiger partial charge in [-0.05, 0) is 25.5 Å². The molecule has 0 saturated carbocycles. The van der Waals surface area contributed by atoms with Crippen molar-refractivity contribution in [1.29, 1.82) is 5.26 Å². The topological polar surface area (TPSA) is 86.8 Å². The fourth-order valence-electron chi connectivity index (χ4n) is 2.97. The first kappa shape index (κ1) is 15.4. The lowest BCUT2D eigenvalue weighted by molar-refractivity contribution is 0.395. The standard InChI is InChI=1S/C16H20N6O/c1-4-11-9-22(10(2)8-18-11)15-14-13(21(3)16(23)20-15)6-5-12(7-17)19-14/h5-6,10-11,18H,4,8-9H2,1-3H3/t10?,11-/m1/s1. The van der Waals surface area contributed by atoms with E-state index >= 15 is 0 Å². The molecule has 1 aliphatic rings. The number of hydrogen-bond acceptors (Lipinski definition) is 6. The average molecular weight is 312 g/mol. The van der Waals surface area contributed by atoms with Crippen LogP contribution in [0.4, 0.5) is 5.82 Å². The molecule has 1 aliphatic heterocycles. The summed E-state index contributed by atoms with van der Waals surface area (Å²) in [4.78, 5) is 23.0. The number of nitrogens with zero attached hydrogens (tertiary/aromatic N) is 5. The third-order valence-corrected chi connectivity index (χ3v) is 4.47. The third-order valence-electron chi connectivity index (χ3n) is 4.47. The largest absolute Gasteiger partial charge is 0.349 e. The first-order valence-electron chi connectivity index (χ1n) is 7.83.